The van der Waals surface area contributed by atoms with E-state index in [0.717, 1.165) is 0 Å². The van der Waals surface area contributed by atoms with Crippen LogP contribution in [0.4, 0.5) is 5.69 Å². The maximum absolute atomic E-state index is 12.1. The molecule has 0 atom stereocenters. The fourth-order valence-corrected chi connectivity index (χ4v) is 3.13. The number of fused-ring (bicyclic) bond motifs is 2. The lowest BCUT2D eigenvalue weighted by atomic mass is 10.2. The number of nitrogens with one attached hydrogen (secondary N) is 1. The topological polar surface area (TPSA) is 109 Å². The van der Waals surface area contributed by atoms with E-state index in [4.69, 9.17) is 23.2 Å². The molecule has 0 saturated heterocycles. The third-order valence-electron chi connectivity index (χ3n) is 3.74. The molecule has 0 aliphatic rings. The van der Waals surface area contributed by atoms with Crippen molar-refractivity contribution < 1.29 is 9.90 Å². The minimum absolute atomic E-state index is 0.0844. The minimum atomic E-state index is -0.553. The summed E-state index contributed by atoms with van der Waals surface area (Å²) in [4.78, 5) is 14.8. The van der Waals surface area contributed by atoms with Crippen molar-refractivity contribution in [1.29, 1.82) is 0 Å². The number of benzene rings is 2. The van der Waals surface area contributed by atoms with E-state index in [0.29, 0.717) is 32.0 Å². The number of aromatic hydroxyl groups is 1. The standard InChI is InChI=1S/C16H10Cl2N6O2/c17-8-5-9-14(10(18)6-8)19-16(26)15(9)22-21-13(25)7-24-12-4-2-1-3-11(12)20-23-24/h1-6,19,26H,7H2. The molecule has 0 radical (unpaired) electrons. The molecule has 10 heteroatoms. The predicted molar refractivity (Wildman–Crippen MR) is 97.0 cm³/mol. The van der Waals surface area contributed by atoms with Crippen molar-refractivity contribution in [2.24, 2.45) is 10.2 Å². The van der Waals surface area contributed by atoms with Gasteiger partial charge in [0.05, 0.1) is 16.1 Å². The highest BCUT2D eigenvalue weighted by atomic mass is 35.5. The van der Waals surface area contributed by atoms with Gasteiger partial charge in [-0.3, -0.25) is 4.79 Å². The second-order valence-corrected chi connectivity index (χ2v) is 6.31. The largest absolute Gasteiger partial charge is 0.493 e. The van der Waals surface area contributed by atoms with E-state index in [1.165, 1.54) is 10.7 Å². The number of nitrogens with zero attached hydrogens (tertiary/aromatic N) is 5. The number of rotatable bonds is 3. The number of H-pyrrole nitrogens is 1. The molecular formula is C16H10Cl2N6O2. The Morgan fingerprint density at radius 3 is 2.92 bits per heavy atom. The van der Waals surface area contributed by atoms with Crippen LogP contribution in [-0.4, -0.2) is 31.0 Å². The SMILES string of the molecule is O=C(Cn1nnc2ccccc21)N=Nc1c(O)[nH]c2c(Cl)cc(Cl)cc12. The number of halogens is 2. The van der Waals surface area contributed by atoms with Gasteiger partial charge in [0.2, 0.25) is 5.88 Å². The molecule has 2 N–H and O–H groups in total. The van der Waals surface area contributed by atoms with Crippen LogP contribution in [-0.2, 0) is 11.3 Å². The van der Waals surface area contributed by atoms with Crippen LogP contribution in [0, 0.1) is 0 Å². The molecule has 2 aromatic heterocycles. The number of aromatic nitrogens is 4. The lowest BCUT2D eigenvalue weighted by Crippen LogP contribution is -2.08. The second kappa shape index (κ2) is 6.40. The minimum Gasteiger partial charge on any atom is -0.493 e. The van der Waals surface area contributed by atoms with E-state index in [-0.39, 0.29) is 18.1 Å². The molecule has 130 valence electrons. The molecule has 0 unspecified atom stereocenters. The van der Waals surface area contributed by atoms with E-state index in [1.807, 2.05) is 12.1 Å². The van der Waals surface area contributed by atoms with Gasteiger partial charge in [-0.1, -0.05) is 40.5 Å². The van der Waals surface area contributed by atoms with Crippen LogP contribution in [0.25, 0.3) is 21.9 Å². The van der Waals surface area contributed by atoms with Crippen molar-refractivity contribution in [3.63, 3.8) is 0 Å². The third-order valence-corrected chi connectivity index (χ3v) is 4.26. The highest BCUT2D eigenvalue weighted by molar-refractivity contribution is 6.38. The number of aromatic amines is 1. The Labute approximate surface area is 156 Å². The number of hydrogen-bond acceptors (Lipinski definition) is 5. The maximum atomic E-state index is 12.1. The summed E-state index contributed by atoms with van der Waals surface area (Å²) < 4.78 is 1.43. The van der Waals surface area contributed by atoms with Gasteiger partial charge in [-0.25, -0.2) is 4.68 Å². The average Bonchev–Trinajstić information content (AvgIpc) is 3.15. The Hall–Kier alpha value is -2.97. The molecule has 0 aliphatic heterocycles. The first-order valence-corrected chi connectivity index (χ1v) is 8.21. The van der Waals surface area contributed by atoms with Crippen molar-refractivity contribution in [2.75, 3.05) is 0 Å². The molecule has 0 bridgehead atoms. The monoisotopic (exact) mass is 388 g/mol. The molecule has 26 heavy (non-hydrogen) atoms. The second-order valence-electron chi connectivity index (χ2n) is 5.46. The molecule has 2 heterocycles. The van der Waals surface area contributed by atoms with Crippen molar-refractivity contribution in [2.45, 2.75) is 6.54 Å². The summed E-state index contributed by atoms with van der Waals surface area (Å²) in [6, 6.07) is 10.4. The van der Waals surface area contributed by atoms with E-state index >= 15 is 0 Å². The highest BCUT2D eigenvalue weighted by Gasteiger charge is 2.15. The first kappa shape index (κ1) is 16.5. The van der Waals surface area contributed by atoms with Crippen LogP contribution >= 0.6 is 23.2 Å². The van der Waals surface area contributed by atoms with Crippen LogP contribution in [0.2, 0.25) is 10.0 Å². The van der Waals surface area contributed by atoms with E-state index < -0.39 is 5.91 Å². The van der Waals surface area contributed by atoms with Crippen molar-refractivity contribution in [3.05, 3.63) is 46.4 Å². The Morgan fingerprint density at radius 2 is 2.08 bits per heavy atom. The summed E-state index contributed by atoms with van der Waals surface area (Å²) in [6.45, 7) is -0.130. The van der Waals surface area contributed by atoms with Gasteiger partial charge < -0.3 is 10.1 Å². The molecule has 2 aromatic carbocycles. The van der Waals surface area contributed by atoms with Gasteiger partial charge in [0.15, 0.2) is 5.69 Å². The van der Waals surface area contributed by atoms with Gasteiger partial charge in [-0.2, -0.15) is 0 Å². The summed E-state index contributed by atoms with van der Waals surface area (Å²) in [5.41, 5.74) is 1.93. The zero-order valence-electron chi connectivity index (χ0n) is 13.0. The van der Waals surface area contributed by atoms with E-state index in [9.17, 15) is 9.90 Å². The van der Waals surface area contributed by atoms with Crippen LogP contribution in [0.5, 0.6) is 5.88 Å². The number of hydrogen-bond donors (Lipinski definition) is 2. The molecule has 0 aliphatic carbocycles. The lowest BCUT2D eigenvalue weighted by Gasteiger charge is -1.98. The number of carbonyl (C=O) groups excluding carboxylic acids is 1. The fraction of sp³-hybridized carbons (Fsp3) is 0.0625. The Balaban J connectivity index is 1.63. The van der Waals surface area contributed by atoms with Crippen molar-refractivity contribution >= 4 is 56.7 Å². The number of azo groups is 1. The van der Waals surface area contributed by atoms with Gasteiger partial charge >= 0.3 is 0 Å². The third kappa shape index (κ3) is 2.89. The molecular weight excluding hydrogens is 379 g/mol. The summed E-state index contributed by atoms with van der Waals surface area (Å²) in [7, 11) is 0. The smallest absolute Gasteiger partial charge is 0.286 e. The molecule has 0 saturated carbocycles. The van der Waals surface area contributed by atoms with Crippen LogP contribution in [0.15, 0.2) is 46.6 Å². The predicted octanol–water partition coefficient (Wildman–Crippen LogP) is 4.24. The summed E-state index contributed by atoms with van der Waals surface area (Å²) >= 11 is 12.1. The van der Waals surface area contributed by atoms with Gasteiger partial charge in [0, 0.05) is 10.4 Å². The molecule has 8 nitrogen and oxygen atoms in total. The van der Waals surface area contributed by atoms with Crippen LogP contribution < -0.4 is 0 Å². The molecule has 1 amide bonds. The lowest BCUT2D eigenvalue weighted by molar-refractivity contribution is -0.119. The Kier molecular flexibility index (Phi) is 4.06. The van der Waals surface area contributed by atoms with Gasteiger partial charge in [-0.05, 0) is 24.3 Å². The van der Waals surface area contributed by atoms with Crippen molar-refractivity contribution in [3.8, 4) is 5.88 Å². The van der Waals surface area contributed by atoms with Gasteiger partial charge in [0.25, 0.3) is 5.91 Å². The summed E-state index contributed by atoms with van der Waals surface area (Å²) in [5.74, 6) is -0.811. The van der Waals surface area contributed by atoms with E-state index in [1.54, 1.807) is 18.2 Å². The summed E-state index contributed by atoms with van der Waals surface area (Å²) in [5, 5.41) is 26.6. The first-order valence-electron chi connectivity index (χ1n) is 7.45. The van der Waals surface area contributed by atoms with Crippen LogP contribution in [0.3, 0.4) is 0 Å². The zero-order valence-corrected chi connectivity index (χ0v) is 14.5. The fourth-order valence-electron chi connectivity index (χ4n) is 2.59. The molecule has 4 rings (SSSR count). The maximum Gasteiger partial charge on any atom is 0.286 e. The average molecular weight is 389 g/mol. The Morgan fingerprint density at radius 1 is 1.27 bits per heavy atom. The van der Waals surface area contributed by atoms with Crippen molar-refractivity contribution in [1.82, 2.24) is 20.0 Å². The van der Waals surface area contributed by atoms with Gasteiger partial charge in [-0.15, -0.1) is 15.3 Å². The summed E-state index contributed by atoms with van der Waals surface area (Å²) in [6.07, 6.45) is 0. The molecule has 0 spiro atoms. The van der Waals surface area contributed by atoms with Crippen LogP contribution in [0.1, 0.15) is 0 Å². The Bertz CT molecular complexity index is 1180. The quantitative estimate of drug-likeness (QED) is 0.511. The normalized spacial score (nSPS) is 11.8. The number of amides is 1. The molecule has 4 aromatic rings. The van der Waals surface area contributed by atoms with E-state index in [2.05, 4.69) is 25.5 Å². The first-order chi connectivity index (χ1) is 12.5. The molecule has 0 fully saturated rings. The number of para-hydroxylation sites is 1. The highest BCUT2D eigenvalue weighted by Crippen LogP contribution is 2.40. The number of carbonyl (C=O) groups is 1. The van der Waals surface area contributed by atoms with Gasteiger partial charge in [0.1, 0.15) is 12.1 Å². The zero-order chi connectivity index (χ0) is 18.3.